The maximum Gasteiger partial charge on any atom is 0.170 e. The highest BCUT2D eigenvalue weighted by atomic mass is 32.1. The summed E-state index contributed by atoms with van der Waals surface area (Å²) in [5.41, 5.74) is 2.54. The standard InChI is InChI=1S/C15H25N3S/c1-15(2,3)12-6-8-13(9-7-12)17-14(19)16-10-11-18(4)5/h6-9H,10-11H2,1-5H3,(H2,16,17,19)/p+1. The number of quaternary nitrogens is 1. The first kappa shape index (κ1) is 15.9. The molecule has 0 fully saturated rings. The highest BCUT2D eigenvalue weighted by Gasteiger charge is 2.12. The Bertz CT molecular complexity index is 404. The van der Waals surface area contributed by atoms with E-state index < -0.39 is 0 Å². The van der Waals surface area contributed by atoms with E-state index in [0.717, 1.165) is 18.8 Å². The first-order valence-electron chi connectivity index (χ1n) is 6.73. The van der Waals surface area contributed by atoms with Crippen LogP contribution in [0, 0.1) is 0 Å². The summed E-state index contributed by atoms with van der Waals surface area (Å²) in [6, 6.07) is 8.45. The van der Waals surface area contributed by atoms with Gasteiger partial charge >= 0.3 is 0 Å². The molecule has 0 bridgehead atoms. The Hall–Kier alpha value is -1.13. The van der Waals surface area contributed by atoms with Gasteiger partial charge in [-0.25, -0.2) is 0 Å². The Kier molecular flexibility index (Phi) is 5.76. The van der Waals surface area contributed by atoms with E-state index in [4.69, 9.17) is 12.2 Å². The van der Waals surface area contributed by atoms with Gasteiger partial charge in [0.25, 0.3) is 0 Å². The van der Waals surface area contributed by atoms with Crippen molar-refractivity contribution in [2.45, 2.75) is 26.2 Å². The second-order valence-corrected chi connectivity index (χ2v) is 6.57. The molecule has 0 radical (unpaired) electrons. The number of hydrogen-bond donors (Lipinski definition) is 3. The van der Waals surface area contributed by atoms with Gasteiger partial charge in [-0.05, 0) is 35.3 Å². The molecule has 0 aliphatic heterocycles. The minimum absolute atomic E-state index is 0.186. The quantitative estimate of drug-likeness (QED) is 0.729. The second-order valence-electron chi connectivity index (χ2n) is 6.17. The normalized spacial score (nSPS) is 11.5. The van der Waals surface area contributed by atoms with Gasteiger partial charge in [0.1, 0.15) is 0 Å². The highest BCUT2D eigenvalue weighted by Crippen LogP contribution is 2.23. The predicted molar refractivity (Wildman–Crippen MR) is 87.0 cm³/mol. The highest BCUT2D eigenvalue weighted by molar-refractivity contribution is 7.80. The molecule has 106 valence electrons. The molecule has 19 heavy (non-hydrogen) atoms. The van der Waals surface area contributed by atoms with Crippen LogP contribution in [0.4, 0.5) is 5.69 Å². The SMILES string of the molecule is C[NH+](C)CCNC(=S)Nc1ccc(C(C)(C)C)cc1. The third-order valence-corrected chi connectivity index (χ3v) is 3.17. The Labute approximate surface area is 122 Å². The van der Waals surface area contributed by atoms with Gasteiger partial charge in [0, 0.05) is 5.69 Å². The lowest BCUT2D eigenvalue weighted by molar-refractivity contribution is -0.856. The number of rotatable bonds is 4. The third kappa shape index (κ3) is 6.03. The predicted octanol–water partition coefficient (Wildman–Crippen LogP) is 1.42. The topological polar surface area (TPSA) is 28.5 Å². The fourth-order valence-corrected chi connectivity index (χ4v) is 1.87. The van der Waals surface area contributed by atoms with E-state index in [1.165, 1.54) is 10.5 Å². The zero-order valence-electron chi connectivity index (χ0n) is 12.6. The Morgan fingerprint density at radius 2 is 1.74 bits per heavy atom. The van der Waals surface area contributed by atoms with Gasteiger partial charge in [0.15, 0.2) is 5.11 Å². The van der Waals surface area contributed by atoms with Crippen molar-refractivity contribution in [2.24, 2.45) is 0 Å². The molecule has 4 heteroatoms. The molecular formula is C15H26N3S+. The van der Waals surface area contributed by atoms with E-state index >= 15 is 0 Å². The number of nitrogens with one attached hydrogen (secondary N) is 3. The number of benzene rings is 1. The van der Waals surface area contributed by atoms with Gasteiger partial charge in [0.2, 0.25) is 0 Å². The minimum Gasteiger partial charge on any atom is -0.357 e. The van der Waals surface area contributed by atoms with Crippen LogP contribution in [-0.2, 0) is 5.41 Å². The van der Waals surface area contributed by atoms with E-state index in [1.54, 1.807) is 0 Å². The monoisotopic (exact) mass is 280 g/mol. The molecule has 0 heterocycles. The number of hydrogen-bond acceptors (Lipinski definition) is 1. The van der Waals surface area contributed by atoms with Crippen molar-refractivity contribution < 1.29 is 4.90 Å². The molecule has 0 amide bonds. The van der Waals surface area contributed by atoms with Crippen LogP contribution in [0.15, 0.2) is 24.3 Å². The van der Waals surface area contributed by atoms with Crippen molar-refractivity contribution in [3.05, 3.63) is 29.8 Å². The minimum atomic E-state index is 0.186. The van der Waals surface area contributed by atoms with Crippen molar-refractivity contribution in [1.82, 2.24) is 5.32 Å². The summed E-state index contributed by atoms with van der Waals surface area (Å²) in [6.45, 7) is 8.57. The van der Waals surface area contributed by atoms with Crippen molar-refractivity contribution in [1.29, 1.82) is 0 Å². The van der Waals surface area contributed by atoms with Gasteiger partial charge in [-0.1, -0.05) is 32.9 Å². The maximum absolute atomic E-state index is 5.26. The van der Waals surface area contributed by atoms with E-state index in [-0.39, 0.29) is 5.41 Å². The van der Waals surface area contributed by atoms with Crippen LogP contribution in [-0.4, -0.2) is 32.3 Å². The van der Waals surface area contributed by atoms with Crippen LogP contribution < -0.4 is 15.5 Å². The smallest absolute Gasteiger partial charge is 0.170 e. The summed E-state index contributed by atoms with van der Waals surface area (Å²) in [4.78, 5) is 1.41. The summed E-state index contributed by atoms with van der Waals surface area (Å²) in [6.07, 6.45) is 0. The van der Waals surface area contributed by atoms with E-state index in [9.17, 15) is 0 Å². The van der Waals surface area contributed by atoms with Crippen LogP contribution in [0.2, 0.25) is 0 Å². The Morgan fingerprint density at radius 1 is 1.16 bits per heavy atom. The molecule has 0 aliphatic carbocycles. The molecule has 0 unspecified atom stereocenters. The first-order valence-corrected chi connectivity index (χ1v) is 7.14. The van der Waals surface area contributed by atoms with Crippen LogP contribution >= 0.6 is 12.2 Å². The summed E-state index contributed by atoms with van der Waals surface area (Å²) < 4.78 is 0. The van der Waals surface area contributed by atoms with Gasteiger partial charge in [0.05, 0.1) is 27.2 Å². The molecule has 0 aliphatic rings. The first-order chi connectivity index (χ1) is 8.79. The lowest BCUT2D eigenvalue weighted by Crippen LogP contribution is -3.06. The van der Waals surface area contributed by atoms with Crippen molar-refractivity contribution in [3.8, 4) is 0 Å². The third-order valence-electron chi connectivity index (χ3n) is 2.92. The Morgan fingerprint density at radius 3 is 2.21 bits per heavy atom. The molecule has 1 aromatic carbocycles. The van der Waals surface area contributed by atoms with Crippen molar-refractivity contribution in [2.75, 3.05) is 32.5 Å². The van der Waals surface area contributed by atoms with E-state index in [2.05, 4.69) is 69.8 Å². The van der Waals surface area contributed by atoms with Crippen LogP contribution in [0.3, 0.4) is 0 Å². The second kappa shape index (κ2) is 6.87. The lowest BCUT2D eigenvalue weighted by Gasteiger charge is -2.19. The number of thiocarbonyl (C=S) groups is 1. The molecule has 3 N–H and O–H groups in total. The van der Waals surface area contributed by atoms with Gasteiger partial charge in [-0.3, -0.25) is 0 Å². The average Bonchev–Trinajstić information content (AvgIpc) is 2.27. The summed E-state index contributed by atoms with van der Waals surface area (Å²) in [7, 11) is 4.26. The zero-order chi connectivity index (χ0) is 14.5. The molecule has 0 atom stereocenters. The maximum atomic E-state index is 5.26. The van der Waals surface area contributed by atoms with Crippen molar-refractivity contribution in [3.63, 3.8) is 0 Å². The number of likely N-dealkylation sites (N-methyl/N-ethyl adjacent to an activating group) is 1. The van der Waals surface area contributed by atoms with Gasteiger partial charge in [-0.15, -0.1) is 0 Å². The molecular weight excluding hydrogens is 254 g/mol. The summed E-state index contributed by atoms with van der Waals surface area (Å²) in [5, 5.41) is 7.10. The summed E-state index contributed by atoms with van der Waals surface area (Å²) >= 11 is 5.26. The van der Waals surface area contributed by atoms with Gasteiger partial charge < -0.3 is 15.5 Å². The van der Waals surface area contributed by atoms with Crippen molar-refractivity contribution >= 4 is 23.0 Å². The summed E-state index contributed by atoms with van der Waals surface area (Å²) in [5.74, 6) is 0. The van der Waals surface area contributed by atoms with Crippen LogP contribution in [0.1, 0.15) is 26.3 Å². The molecule has 0 saturated heterocycles. The van der Waals surface area contributed by atoms with Crippen LogP contribution in [0.5, 0.6) is 0 Å². The number of anilines is 1. The fraction of sp³-hybridized carbons (Fsp3) is 0.533. The average molecular weight is 280 g/mol. The fourth-order valence-electron chi connectivity index (χ4n) is 1.65. The molecule has 3 nitrogen and oxygen atoms in total. The molecule has 1 rings (SSSR count). The molecule has 1 aromatic rings. The lowest BCUT2D eigenvalue weighted by atomic mass is 9.87. The molecule has 0 aromatic heterocycles. The molecule has 0 saturated carbocycles. The Balaban J connectivity index is 2.47. The van der Waals surface area contributed by atoms with Gasteiger partial charge in [-0.2, -0.15) is 0 Å². The largest absolute Gasteiger partial charge is 0.357 e. The van der Waals surface area contributed by atoms with E-state index in [1.807, 2.05) is 0 Å². The van der Waals surface area contributed by atoms with E-state index in [0.29, 0.717) is 5.11 Å². The zero-order valence-corrected chi connectivity index (χ0v) is 13.4. The molecule has 0 spiro atoms. The van der Waals surface area contributed by atoms with Crippen LogP contribution in [0.25, 0.3) is 0 Å².